The summed E-state index contributed by atoms with van der Waals surface area (Å²) in [4.78, 5) is 10.3. The van der Waals surface area contributed by atoms with Crippen molar-refractivity contribution >= 4 is 25.5 Å². The minimum absolute atomic E-state index is 0.228. The van der Waals surface area contributed by atoms with Crippen LogP contribution >= 0.6 is 19.8 Å². The molecule has 9 heavy (non-hydrogen) atoms. The fourth-order valence-corrected chi connectivity index (χ4v) is 0.623. The molecule has 1 nitrogen and oxygen atoms in total. The first kappa shape index (κ1) is 9.76. The van der Waals surface area contributed by atoms with Crippen LogP contribution in [-0.2, 0) is 19.6 Å². The molecule has 0 aliphatic heterocycles. The Balaban J connectivity index is 0.000000291. The van der Waals surface area contributed by atoms with Crippen molar-refractivity contribution in [2.75, 3.05) is 0 Å². The molecule has 0 aromatic carbocycles. The standard InChI is InChI=1S/C6H7O.HI.Zn/c7-6-4-2-1-3-5-6;;/h5H,1-2,4H2;1H;/q-1;;+2/p-1. The summed E-state index contributed by atoms with van der Waals surface area (Å²) in [6.45, 7) is 0. The quantitative estimate of drug-likeness (QED) is 0.378. The van der Waals surface area contributed by atoms with E-state index in [1.807, 2.05) is 0 Å². The van der Waals surface area contributed by atoms with Crippen molar-refractivity contribution in [1.29, 1.82) is 0 Å². The number of hydrogen-bond acceptors (Lipinski definition) is 1. The summed E-state index contributed by atoms with van der Waals surface area (Å²) in [7, 11) is 0. The number of carbonyl (C=O) groups is 1. The predicted molar refractivity (Wildman–Crippen MR) is 40.7 cm³/mol. The van der Waals surface area contributed by atoms with Gasteiger partial charge in [0.2, 0.25) is 0 Å². The molecule has 0 aromatic rings. The van der Waals surface area contributed by atoms with Crippen LogP contribution in [0.5, 0.6) is 0 Å². The molecule has 0 amide bonds. The van der Waals surface area contributed by atoms with Crippen molar-refractivity contribution in [1.82, 2.24) is 0 Å². The molecule has 0 unspecified atom stereocenters. The second-order valence-corrected chi connectivity index (χ2v) is 1.67. The number of halogens is 1. The van der Waals surface area contributed by atoms with Gasteiger partial charge in [-0.2, -0.15) is 6.08 Å². The number of allylic oxidation sites excluding steroid dienone is 2. The van der Waals surface area contributed by atoms with Gasteiger partial charge in [-0.3, -0.25) is 6.08 Å². The zero-order valence-electron chi connectivity index (χ0n) is 5.19. The molecule has 0 N–H and O–H groups in total. The maximum absolute atomic E-state index is 10.3. The van der Waals surface area contributed by atoms with Gasteiger partial charge in [0, 0.05) is 5.78 Å². The number of hydrogen-bond donors (Lipinski definition) is 0. The topological polar surface area (TPSA) is 17.1 Å². The number of ketones is 1. The van der Waals surface area contributed by atoms with Gasteiger partial charge in [0.05, 0.1) is 0 Å². The summed E-state index contributed by atoms with van der Waals surface area (Å²) in [6.07, 6.45) is 7.09. The number of carbonyl (C=O) groups excluding carboxylic acids is 1. The van der Waals surface area contributed by atoms with Crippen LogP contribution in [0.3, 0.4) is 0 Å². The fraction of sp³-hybridized carbons (Fsp3) is 0.500. The molecular formula is C6H7IOZn. The first-order valence-corrected chi connectivity index (χ1v) is 11.8. The van der Waals surface area contributed by atoms with Gasteiger partial charge in [0.15, 0.2) is 0 Å². The molecule has 0 atom stereocenters. The molecule has 0 spiro atoms. The molecule has 3 heteroatoms. The van der Waals surface area contributed by atoms with E-state index in [0.29, 0.717) is 0 Å². The number of rotatable bonds is 0. The van der Waals surface area contributed by atoms with Gasteiger partial charge >= 0.3 is 34.5 Å². The Hall–Kier alpha value is 0.763. The van der Waals surface area contributed by atoms with Crippen LogP contribution in [0, 0.1) is 6.08 Å². The van der Waals surface area contributed by atoms with Gasteiger partial charge in [-0.1, -0.05) is 12.8 Å². The molecule has 1 rings (SSSR count). The molecule has 1 aliphatic rings. The van der Waals surface area contributed by atoms with E-state index in [4.69, 9.17) is 0 Å². The molecule has 0 saturated carbocycles. The summed E-state index contributed by atoms with van der Waals surface area (Å²) >= 11 is 3.62. The average Bonchev–Trinajstić information content (AvgIpc) is 1.94. The molecule has 0 saturated heterocycles. The van der Waals surface area contributed by atoms with Crippen molar-refractivity contribution < 1.29 is 19.6 Å². The summed E-state index contributed by atoms with van der Waals surface area (Å²) in [5, 5.41) is 0. The van der Waals surface area contributed by atoms with E-state index < -0.39 is 0 Å². The summed E-state index contributed by atoms with van der Waals surface area (Å²) < 4.78 is 0. The predicted octanol–water partition coefficient (Wildman–Crippen LogP) is 1.98. The normalized spacial score (nSPS) is 16.6. The van der Waals surface area contributed by atoms with Crippen LogP contribution in [0.4, 0.5) is 0 Å². The van der Waals surface area contributed by atoms with Crippen LogP contribution in [-0.4, -0.2) is 5.78 Å². The van der Waals surface area contributed by atoms with E-state index in [1.165, 1.54) is 14.8 Å². The zero-order chi connectivity index (χ0) is 7.11. The SMILES string of the molecule is O=C1C=[C-]CCC1.[Zn+][I]. The van der Waals surface area contributed by atoms with E-state index in [2.05, 4.69) is 25.8 Å². The molecule has 0 bridgehead atoms. The summed E-state index contributed by atoms with van der Waals surface area (Å²) in [6, 6.07) is 0. The average molecular weight is 287 g/mol. The molecule has 46 valence electrons. The van der Waals surface area contributed by atoms with E-state index in [9.17, 15) is 4.79 Å². The molecule has 0 aromatic heterocycles. The van der Waals surface area contributed by atoms with Crippen LogP contribution in [0.1, 0.15) is 19.3 Å². The maximum atomic E-state index is 10.3. The minimum atomic E-state index is 0.228. The van der Waals surface area contributed by atoms with Gasteiger partial charge in [-0.25, -0.2) is 0 Å². The van der Waals surface area contributed by atoms with Gasteiger partial charge in [-0.15, -0.1) is 6.42 Å². The van der Waals surface area contributed by atoms with Gasteiger partial charge in [0.1, 0.15) is 0 Å². The molecular weight excluding hydrogens is 280 g/mol. The van der Waals surface area contributed by atoms with Crippen molar-refractivity contribution in [2.45, 2.75) is 19.3 Å². The third kappa shape index (κ3) is 5.22. The van der Waals surface area contributed by atoms with E-state index in [1.54, 1.807) is 6.08 Å². The Labute approximate surface area is 76.1 Å². The molecule has 0 radical (unpaired) electrons. The monoisotopic (exact) mass is 286 g/mol. The third-order valence-corrected chi connectivity index (χ3v) is 1.01. The van der Waals surface area contributed by atoms with Crippen molar-refractivity contribution in [2.24, 2.45) is 0 Å². The first-order valence-electron chi connectivity index (χ1n) is 2.76. The van der Waals surface area contributed by atoms with Crippen molar-refractivity contribution in [3.05, 3.63) is 12.2 Å². The van der Waals surface area contributed by atoms with Crippen LogP contribution < -0.4 is 0 Å². The van der Waals surface area contributed by atoms with Crippen molar-refractivity contribution in [3.63, 3.8) is 0 Å². The summed E-state index contributed by atoms with van der Waals surface area (Å²) in [5.41, 5.74) is 0. The van der Waals surface area contributed by atoms with Crippen molar-refractivity contribution in [3.8, 4) is 0 Å². The second kappa shape index (κ2) is 6.88. The Bertz CT molecular complexity index is 112. The zero-order valence-corrected chi connectivity index (χ0v) is 10.3. The van der Waals surface area contributed by atoms with E-state index in [-0.39, 0.29) is 5.78 Å². The Morgan fingerprint density at radius 2 is 2.33 bits per heavy atom. The Morgan fingerprint density at radius 3 is 2.56 bits per heavy atom. The van der Waals surface area contributed by atoms with Gasteiger partial charge < -0.3 is 4.79 Å². The van der Waals surface area contributed by atoms with Gasteiger partial charge in [0.25, 0.3) is 0 Å². The van der Waals surface area contributed by atoms with Crippen LogP contribution in [0.15, 0.2) is 6.08 Å². The third-order valence-electron chi connectivity index (χ3n) is 1.01. The van der Waals surface area contributed by atoms with Crippen LogP contribution in [0.25, 0.3) is 0 Å². The first-order chi connectivity index (χ1) is 4.39. The fourth-order valence-electron chi connectivity index (χ4n) is 0.623. The second-order valence-electron chi connectivity index (χ2n) is 1.67. The van der Waals surface area contributed by atoms with Crippen LogP contribution in [0.2, 0.25) is 0 Å². The molecule has 0 heterocycles. The Morgan fingerprint density at radius 1 is 1.67 bits per heavy atom. The molecule has 1 aliphatic carbocycles. The van der Waals surface area contributed by atoms with Gasteiger partial charge in [-0.05, 0) is 0 Å². The Kier molecular flexibility index (Phi) is 7.46. The summed E-state index contributed by atoms with van der Waals surface area (Å²) in [5.74, 6) is 0.228. The van der Waals surface area contributed by atoms with E-state index >= 15 is 0 Å². The van der Waals surface area contributed by atoms with E-state index in [0.717, 1.165) is 19.3 Å². The molecule has 0 fully saturated rings.